The van der Waals surface area contributed by atoms with E-state index in [2.05, 4.69) is 36.5 Å². The summed E-state index contributed by atoms with van der Waals surface area (Å²) in [5, 5.41) is 21.8. The smallest absolute Gasteiger partial charge is 0.220 e. The maximum atomic E-state index is 11.3. The number of unbranched alkanes of at least 4 members (excludes halogenated alkanes) is 8. The quantitative estimate of drug-likeness (QED) is 0.221. The molecule has 0 aliphatic heterocycles. The fourth-order valence-corrected chi connectivity index (χ4v) is 2.82. The van der Waals surface area contributed by atoms with E-state index in [1.807, 2.05) is 6.08 Å². The second kappa shape index (κ2) is 20.3. The number of hydrogen-bond acceptors (Lipinski definition) is 3. The van der Waals surface area contributed by atoms with Crippen LogP contribution in [0.5, 0.6) is 0 Å². The molecule has 0 saturated heterocycles. The standard InChI is InChI=1S/C24H43NO3/c1-3-5-6-7-8-9-10-11-12-13-14-15-16-17-18-19-20-23(27)22(21-26)25-24(28)4-2/h11-12,15-16,19-20,22-23,26-27H,3-10,13-14,17-18,21H2,1-2H3,(H,25,28)/b12-11+,16-15+,20-19+. The summed E-state index contributed by atoms with van der Waals surface area (Å²) in [5.74, 6) is -0.171. The molecule has 2 unspecified atom stereocenters. The van der Waals surface area contributed by atoms with Crippen LogP contribution in [-0.4, -0.2) is 34.9 Å². The van der Waals surface area contributed by atoms with Crippen molar-refractivity contribution in [2.45, 2.75) is 103 Å². The summed E-state index contributed by atoms with van der Waals surface area (Å²) >= 11 is 0. The number of carbonyl (C=O) groups excluding carboxylic acids is 1. The molecule has 28 heavy (non-hydrogen) atoms. The number of aliphatic hydroxyl groups excluding tert-OH is 2. The molecular formula is C24H43NO3. The van der Waals surface area contributed by atoms with Crippen molar-refractivity contribution < 1.29 is 15.0 Å². The molecule has 0 aromatic heterocycles. The Hall–Kier alpha value is -1.39. The SMILES string of the molecule is CCCCCCCC/C=C/CC/C=C/CC/C=C/C(O)C(CO)NC(=O)CC. The van der Waals surface area contributed by atoms with E-state index in [9.17, 15) is 15.0 Å². The minimum atomic E-state index is -0.860. The van der Waals surface area contributed by atoms with Crippen LogP contribution in [0.2, 0.25) is 0 Å². The molecule has 0 fully saturated rings. The van der Waals surface area contributed by atoms with E-state index in [1.165, 1.54) is 44.9 Å². The number of carbonyl (C=O) groups is 1. The third kappa shape index (κ3) is 16.8. The summed E-state index contributed by atoms with van der Waals surface area (Å²) in [7, 11) is 0. The molecule has 0 radical (unpaired) electrons. The van der Waals surface area contributed by atoms with Crippen LogP contribution in [0, 0.1) is 0 Å². The molecule has 4 nitrogen and oxygen atoms in total. The Morgan fingerprint density at radius 1 is 0.821 bits per heavy atom. The maximum Gasteiger partial charge on any atom is 0.220 e. The van der Waals surface area contributed by atoms with Crippen molar-refractivity contribution in [3.63, 3.8) is 0 Å². The average molecular weight is 394 g/mol. The lowest BCUT2D eigenvalue weighted by molar-refractivity contribution is -0.122. The average Bonchev–Trinajstić information content (AvgIpc) is 2.71. The molecule has 0 aromatic rings. The molecule has 3 N–H and O–H groups in total. The molecule has 4 heteroatoms. The minimum absolute atomic E-state index is 0.171. The highest BCUT2D eigenvalue weighted by atomic mass is 16.3. The van der Waals surface area contributed by atoms with Gasteiger partial charge in [-0.05, 0) is 38.5 Å². The van der Waals surface area contributed by atoms with Gasteiger partial charge in [-0.2, -0.15) is 0 Å². The van der Waals surface area contributed by atoms with E-state index in [0.717, 1.165) is 25.7 Å². The van der Waals surface area contributed by atoms with Gasteiger partial charge in [-0.15, -0.1) is 0 Å². The van der Waals surface area contributed by atoms with Gasteiger partial charge in [-0.25, -0.2) is 0 Å². The molecule has 0 rings (SSSR count). The van der Waals surface area contributed by atoms with Crippen LogP contribution in [0.25, 0.3) is 0 Å². The highest BCUT2D eigenvalue weighted by Gasteiger charge is 2.16. The van der Waals surface area contributed by atoms with Crippen LogP contribution >= 0.6 is 0 Å². The first-order valence-corrected chi connectivity index (χ1v) is 11.2. The second-order valence-corrected chi connectivity index (χ2v) is 7.28. The summed E-state index contributed by atoms with van der Waals surface area (Å²) in [6.45, 7) is 3.72. The van der Waals surface area contributed by atoms with Crippen LogP contribution < -0.4 is 5.32 Å². The van der Waals surface area contributed by atoms with Gasteiger partial charge in [0.05, 0.1) is 18.8 Å². The summed E-state index contributed by atoms with van der Waals surface area (Å²) in [6.07, 6.45) is 25.2. The normalized spacial score (nSPS) is 14.3. The lowest BCUT2D eigenvalue weighted by atomic mass is 10.1. The molecule has 0 aromatic carbocycles. The molecule has 0 aliphatic rings. The van der Waals surface area contributed by atoms with Gasteiger partial charge in [0.25, 0.3) is 0 Å². The van der Waals surface area contributed by atoms with Crippen molar-refractivity contribution >= 4 is 5.91 Å². The van der Waals surface area contributed by atoms with Gasteiger partial charge in [-0.3, -0.25) is 4.79 Å². The monoisotopic (exact) mass is 393 g/mol. The van der Waals surface area contributed by atoms with Crippen molar-refractivity contribution in [2.75, 3.05) is 6.61 Å². The Bertz CT molecular complexity index is 443. The zero-order valence-electron chi connectivity index (χ0n) is 18.1. The Labute approximate surface area is 172 Å². The van der Waals surface area contributed by atoms with E-state index in [-0.39, 0.29) is 12.5 Å². The lowest BCUT2D eigenvalue weighted by Gasteiger charge is -2.19. The highest BCUT2D eigenvalue weighted by molar-refractivity contribution is 5.75. The van der Waals surface area contributed by atoms with Crippen molar-refractivity contribution in [1.82, 2.24) is 5.32 Å². The predicted molar refractivity (Wildman–Crippen MR) is 119 cm³/mol. The summed E-state index contributed by atoms with van der Waals surface area (Å²) < 4.78 is 0. The number of hydrogen-bond donors (Lipinski definition) is 3. The number of allylic oxidation sites excluding steroid dienone is 5. The summed E-state index contributed by atoms with van der Waals surface area (Å²) in [5.41, 5.74) is 0. The predicted octanol–water partition coefficient (Wildman–Crippen LogP) is 5.21. The van der Waals surface area contributed by atoms with Gasteiger partial charge in [0.1, 0.15) is 0 Å². The van der Waals surface area contributed by atoms with E-state index < -0.39 is 12.1 Å². The topological polar surface area (TPSA) is 69.6 Å². The Balaban J connectivity index is 3.66. The Kier molecular flexibility index (Phi) is 19.3. The Morgan fingerprint density at radius 2 is 1.36 bits per heavy atom. The van der Waals surface area contributed by atoms with Gasteiger partial charge in [0.2, 0.25) is 5.91 Å². The molecule has 162 valence electrons. The molecule has 2 atom stereocenters. The van der Waals surface area contributed by atoms with Gasteiger partial charge in [-0.1, -0.05) is 82.4 Å². The molecule has 0 bridgehead atoms. The van der Waals surface area contributed by atoms with E-state index in [4.69, 9.17) is 0 Å². The first-order chi connectivity index (χ1) is 13.7. The summed E-state index contributed by atoms with van der Waals surface area (Å²) in [4.78, 5) is 11.3. The van der Waals surface area contributed by atoms with Crippen molar-refractivity contribution in [2.24, 2.45) is 0 Å². The van der Waals surface area contributed by atoms with Gasteiger partial charge in [0, 0.05) is 6.42 Å². The fourth-order valence-electron chi connectivity index (χ4n) is 2.82. The molecular weight excluding hydrogens is 350 g/mol. The van der Waals surface area contributed by atoms with E-state index in [0.29, 0.717) is 6.42 Å². The second-order valence-electron chi connectivity index (χ2n) is 7.28. The zero-order chi connectivity index (χ0) is 20.9. The highest BCUT2D eigenvalue weighted by Crippen LogP contribution is 2.07. The first kappa shape index (κ1) is 26.6. The molecule has 1 amide bonds. The van der Waals surface area contributed by atoms with Crippen LogP contribution in [0.15, 0.2) is 36.5 Å². The maximum absolute atomic E-state index is 11.3. The van der Waals surface area contributed by atoms with E-state index in [1.54, 1.807) is 13.0 Å². The van der Waals surface area contributed by atoms with E-state index >= 15 is 0 Å². The minimum Gasteiger partial charge on any atom is -0.394 e. The molecule has 0 spiro atoms. The van der Waals surface area contributed by atoms with Gasteiger partial charge in [0.15, 0.2) is 0 Å². The van der Waals surface area contributed by atoms with Crippen molar-refractivity contribution in [3.05, 3.63) is 36.5 Å². The molecule has 0 aliphatic carbocycles. The lowest BCUT2D eigenvalue weighted by Crippen LogP contribution is -2.44. The summed E-state index contributed by atoms with van der Waals surface area (Å²) in [6, 6.07) is -0.637. The van der Waals surface area contributed by atoms with Crippen LogP contribution in [-0.2, 0) is 4.79 Å². The third-order valence-electron chi connectivity index (χ3n) is 4.67. The number of aliphatic hydroxyl groups is 2. The third-order valence-corrected chi connectivity index (χ3v) is 4.67. The Morgan fingerprint density at radius 3 is 1.93 bits per heavy atom. The number of amides is 1. The van der Waals surface area contributed by atoms with Gasteiger partial charge < -0.3 is 15.5 Å². The van der Waals surface area contributed by atoms with Gasteiger partial charge >= 0.3 is 0 Å². The van der Waals surface area contributed by atoms with Crippen molar-refractivity contribution in [1.29, 1.82) is 0 Å². The van der Waals surface area contributed by atoms with Crippen LogP contribution in [0.4, 0.5) is 0 Å². The molecule has 0 saturated carbocycles. The molecule has 0 heterocycles. The number of nitrogens with one attached hydrogen (secondary N) is 1. The first-order valence-electron chi connectivity index (χ1n) is 11.2. The van der Waals surface area contributed by atoms with Crippen LogP contribution in [0.3, 0.4) is 0 Å². The largest absolute Gasteiger partial charge is 0.394 e. The van der Waals surface area contributed by atoms with Crippen LogP contribution in [0.1, 0.15) is 90.9 Å². The fraction of sp³-hybridized carbons (Fsp3) is 0.708. The number of rotatable bonds is 18. The van der Waals surface area contributed by atoms with Crippen molar-refractivity contribution in [3.8, 4) is 0 Å². The zero-order valence-corrected chi connectivity index (χ0v) is 18.1.